The maximum Gasteiger partial charge on any atom is 0.264 e. The average molecular weight is 396 g/mol. The lowest BCUT2D eigenvalue weighted by atomic mass is 10.2. The molecule has 1 amide bonds. The SMILES string of the molecule is CN1CCN(c2ccc(CNC(=O)Cn3cnc4c(cnn4C)c3=O)cn2)CC1. The normalized spacial score (nSPS) is 15.0. The summed E-state index contributed by atoms with van der Waals surface area (Å²) in [6.45, 7) is 4.24. The molecular formula is C19H24N8O2. The van der Waals surface area contributed by atoms with Gasteiger partial charge in [0.1, 0.15) is 24.1 Å². The van der Waals surface area contributed by atoms with Crippen molar-refractivity contribution in [1.82, 2.24) is 34.5 Å². The minimum absolute atomic E-state index is 0.0938. The molecule has 1 saturated heterocycles. The quantitative estimate of drug-likeness (QED) is 0.626. The zero-order valence-electron chi connectivity index (χ0n) is 16.6. The predicted octanol–water partition coefficient (Wildman–Crippen LogP) is -0.407. The highest BCUT2D eigenvalue weighted by Gasteiger charge is 2.15. The van der Waals surface area contributed by atoms with Gasteiger partial charge in [0.25, 0.3) is 5.56 Å². The molecule has 152 valence electrons. The zero-order valence-corrected chi connectivity index (χ0v) is 16.6. The van der Waals surface area contributed by atoms with E-state index >= 15 is 0 Å². The van der Waals surface area contributed by atoms with Gasteiger partial charge >= 0.3 is 0 Å². The molecule has 0 aliphatic carbocycles. The lowest BCUT2D eigenvalue weighted by Crippen LogP contribution is -2.44. The molecule has 4 heterocycles. The average Bonchev–Trinajstić information content (AvgIpc) is 3.11. The predicted molar refractivity (Wildman–Crippen MR) is 109 cm³/mol. The highest BCUT2D eigenvalue weighted by atomic mass is 16.2. The number of amides is 1. The fourth-order valence-corrected chi connectivity index (χ4v) is 3.33. The summed E-state index contributed by atoms with van der Waals surface area (Å²) >= 11 is 0. The Morgan fingerprint density at radius 3 is 2.62 bits per heavy atom. The van der Waals surface area contributed by atoms with Gasteiger partial charge in [-0.25, -0.2) is 9.97 Å². The Morgan fingerprint density at radius 2 is 1.90 bits per heavy atom. The van der Waals surface area contributed by atoms with Gasteiger partial charge in [-0.05, 0) is 18.7 Å². The van der Waals surface area contributed by atoms with Crippen molar-refractivity contribution in [3.8, 4) is 0 Å². The van der Waals surface area contributed by atoms with E-state index in [0.29, 0.717) is 17.6 Å². The summed E-state index contributed by atoms with van der Waals surface area (Å²) in [5.74, 6) is 0.691. The van der Waals surface area contributed by atoms with E-state index in [9.17, 15) is 9.59 Å². The number of hydrogen-bond donors (Lipinski definition) is 1. The number of rotatable bonds is 5. The van der Waals surface area contributed by atoms with Gasteiger partial charge < -0.3 is 15.1 Å². The standard InChI is InChI=1S/C19H24N8O2/c1-24-5-7-26(8-6-24)16-4-3-14(9-20-16)10-21-17(28)12-27-13-22-18-15(19(27)29)11-23-25(18)2/h3-4,9,11,13H,5-8,10,12H2,1-2H3,(H,21,28). The van der Waals surface area contributed by atoms with Crippen LogP contribution in [0.1, 0.15) is 5.56 Å². The molecule has 0 bridgehead atoms. The van der Waals surface area contributed by atoms with Crippen LogP contribution in [0.3, 0.4) is 0 Å². The number of aromatic nitrogens is 5. The Bertz CT molecular complexity index is 1060. The number of likely N-dealkylation sites (N-methyl/N-ethyl adjacent to an activating group) is 1. The number of hydrogen-bond acceptors (Lipinski definition) is 7. The van der Waals surface area contributed by atoms with Crippen molar-refractivity contribution in [2.75, 3.05) is 38.1 Å². The molecule has 1 N–H and O–H groups in total. The topological polar surface area (TPSA) is 101 Å². The molecule has 0 unspecified atom stereocenters. The third-order valence-corrected chi connectivity index (χ3v) is 5.16. The van der Waals surface area contributed by atoms with Crippen molar-refractivity contribution in [2.45, 2.75) is 13.1 Å². The maximum absolute atomic E-state index is 12.4. The molecule has 0 spiro atoms. The van der Waals surface area contributed by atoms with Gasteiger partial charge in [0.15, 0.2) is 5.65 Å². The van der Waals surface area contributed by atoms with Crippen LogP contribution >= 0.6 is 0 Å². The fraction of sp³-hybridized carbons (Fsp3) is 0.421. The van der Waals surface area contributed by atoms with Gasteiger partial charge in [-0.3, -0.25) is 18.8 Å². The van der Waals surface area contributed by atoms with Gasteiger partial charge in [-0.2, -0.15) is 5.10 Å². The summed E-state index contributed by atoms with van der Waals surface area (Å²) in [5.41, 5.74) is 1.12. The molecule has 10 heteroatoms. The fourth-order valence-electron chi connectivity index (χ4n) is 3.33. The van der Waals surface area contributed by atoms with Gasteiger partial charge in [0.2, 0.25) is 5.91 Å². The molecule has 3 aromatic rings. The first kappa shape index (κ1) is 19.1. The molecule has 1 fully saturated rings. The molecule has 1 aliphatic heterocycles. The highest BCUT2D eigenvalue weighted by molar-refractivity contribution is 5.77. The summed E-state index contributed by atoms with van der Waals surface area (Å²) in [5, 5.41) is 7.24. The number of nitrogens with zero attached hydrogens (tertiary/aromatic N) is 7. The second kappa shape index (κ2) is 8.00. The van der Waals surface area contributed by atoms with Gasteiger partial charge in [-0.15, -0.1) is 0 Å². The molecular weight excluding hydrogens is 372 g/mol. The van der Waals surface area contributed by atoms with E-state index in [1.54, 1.807) is 13.2 Å². The molecule has 4 rings (SSSR count). The summed E-state index contributed by atoms with van der Waals surface area (Å²) in [6.07, 6.45) is 4.62. The first-order chi connectivity index (χ1) is 14.0. The molecule has 0 atom stereocenters. The summed E-state index contributed by atoms with van der Waals surface area (Å²) in [6, 6.07) is 3.95. The van der Waals surface area contributed by atoms with Crippen molar-refractivity contribution in [3.05, 3.63) is 46.8 Å². The number of aryl methyl sites for hydroxylation is 1. The minimum atomic E-state index is -0.281. The number of fused-ring (bicyclic) bond motifs is 1. The summed E-state index contributed by atoms with van der Waals surface area (Å²) < 4.78 is 2.81. The maximum atomic E-state index is 12.4. The van der Waals surface area contributed by atoms with E-state index < -0.39 is 0 Å². The van der Waals surface area contributed by atoms with E-state index in [2.05, 4.69) is 37.2 Å². The van der Waals surface area contributed by atoms with Crippen LogP contribution < -0.4 is 15.8 Å². The molecule has 0 aromatic carbocycles. The van der Waals surface area contributed by atoms with Crippen molar-refractivity contribution in [1.29, 1.82) is 0 Å². The largest absolute Gasteiger partial charge is 0.354 e. The Balaban J connectivity index is 1.34. The number of piperazine rings is 1. The lowest BCUT2D eigenvalue weighted by Gasteiger charge is -2.33. The Hall–Kier alpha value is -3.27. The number of carbonyl (C=O) groups excluding carboxylic acids is 1. The van der Waals surface area contributed by atoms with Crippen LogP contribution in [0.2, 0.25) is 0 Å². The third-order valence-electron chi connectivity index (χ3n) is 5.16. The molecule has 0 saturated carbocycles. The number of nitrogens with one attached hydrogen (secondary N) is 1. The van der Waals surface area contributed by atoms with Crippen LogP contribution in [0, 0.1) is 0 Å². The van der Waals surface area contributed by atoms with E-state index in [1.165, 1.54) is 21.8 Å². The van der Waals surface area contributed by atoms with E-state index in [0.717, 1.165) is 37.6 Å². The van der Waals surface area contributed by atoms with Crippen molar-refractivity contribution >= 4 is 22.8 Å². The number of anilines is 1. The van der Waals surface area contributed by atoms with Crippen LogP contribution in [-0.2, 0) is 24.9 Å². The van der Waals surface area contributed by atoms with Gasteiger partial charge in [0.05, 0.1) is 6.20 Å². The molecule has 0 radical (unpaired) electrons. The first-order valence-electron chi connectivity index (χ1n) is 9.53. The monoisotopic (exact) mass is 396 g/mol. The van der Waals surface area contributed by atoms with Gasteiger partial charge in [0, 0.05) is 46.0 Å². The molecule has 10 nitrogen and oxygen atoms in total. The Morgan fingerprint density at radius 1 is 1.10 bits per heavy atom. The highest BCUT2D eigenvalue weighted by Crippen LogP contribution is 2.13. The number of carbonyl (C=O) groups is 1. The number of pyridine rings is 1. The lowest BCUT2D eigenvalue weighted by molar-refractivity contribution is -0.121. The van der Waals surface area contributed by atoms with Crippen LogP contribution in [0.15, 0.2) is 35.6 Å². The Labute approximate surface area is 167 Å². The smallest absolute Gasteiger partial charge is 0.264 e. The van der Waals surface area contributed by atoms with Crippen LogP contribution in [0.5, 0.6) is 0 Å². The summed E-state index contributed by atoms with van der Waals surface area (Å²) in [7, 11) is 3.84. The zero-order chi connectivity index (χ0) is 20.4. The van der Waals surface area contributed by atoms with Gasteiger partial charge in [-0.1, -0.05) is 6.07 Å². The molecule has 1 aliphatic rings. The van der Waals surface area contributed by atoms with Crippen molar-refractivity contribution < 1.29 is 4.79 Å². The summed E-state index contributed by atoms with van der Waals surface area (Å²) in [4.78, 5) is 38.0. The van der Waals surface area contributed by atoms with E-state index in [1.807, 2.05) is 12.1 Å². The van der Waals surface area contributed by atoms with E-state index in [-0.39, 0.29) is 18.0 Å². The van der Waals surface area contributed by atoms with Crippen LogP contribution in [-0.4, -0.2) is 68.3 Å². The van der Waals surface area contributed by atoms with Crippen molar-refractivity contribution in [2.24, 2.45) is 7.05 Å². The first-order valence-corrected chi connectivity index (χ1v) is 9.53. The third kappa shape index (κ3) is 4.11. The Kier molecular flexibility index (Phi) is 5.26. The van der Waals surface area contributed by atoms with Crippen molar-refractivity contribution in [3.63, 3.8) is 0 Å². The second-order valence-electron chi connectivity index (χ2n) is 7.27. The van der Waals surface area contributed by atoms with Crippen LogP contribution in [0.4, 0.5) is 5.82 Å². The molecule has 29 heavy (non-hydrogen) atoms. The van der Waals surface area contributed by atoms with E-state index in [4.69, 9.17) is 0 Å². The second-order valence-corrected chi connectivity index (χ2v) is 7.27. The minimum Gasteiger partial charge on any atom is -0.354 e. The molecule has 3 aromatic heterocycles. The van der Waals surface area contributed by atoms with Crippen LogP contribution in [0.25, 0.3) is 11.0 Å².